The average molecular weight is 244 g/mol. The lowest BCUT2D eigenvalue weighted by Crippen LogP contribution is -2.10. The molecule has 0 unspecified atom stereocenters. The van der Waals surface area contributed by atoms with Gasteiger partial charge < -0.3 is 4.74 Å². The Morgan fingerprint density at radius 3 is 2.39 bits per heavy atom. The third kappa shape index (κ3) is 2.32. The Balaban J connectivity index is 1.74. The quantitative estimate of drug-likeness (QED) is 0.872. The minimum atomic E-state index is -0.115. The second kappa shape index (κ2) is 4.72. The molecule has 2 N–H and O–H groups in total. The van der Waals surface area contributed by atoms with Gasteiger partial charge in [0, 0.05) is 6.07 Å². The summed E-state index contributed by atoms with van der Waals surface area (Å²) < 4.78 is 5.89. The molecule has 0 atom stereocenters. The van der Waals surface area contributed by atoms with Gasteiger partial charge in [-0.2, -0.15) is 0 Å². The van der Waals surface area contributed by atoms with E-state index in [1.54, 1.807) is 6.07 Å². The van der Waals surface area contributed by atoms with Crippen LogP contribution in [0.15, 0.2) is 35.1 Å². The second-order valence-corrected chi connectivity index (χ2v) is 4.72. The molecule has 1 aliphatic carbocycles. The summed E-state index contributed by atoms with van der Waals surface area (Å²) >= 11 is 0. The van der Waals surface area contributed by atoms with E-state index in [2.05, 4.69) is 10.2 Å². The molecule has 4 nitrogen and oxygen atoms in total. The number of rotatable bonds is 3. The summed E-state index contributed by atoms with van der Waals surface area (Å²) in [5.74, 6) is 0.906. The van der Waals surface area contributed by atoms with Crippen LogP contribution in [0, 0.1) is 0 Å². The lowest BCUT2D eigenvalue weighted by atomic mass is 10.1. The van der Waals surface area contributed by atoms with Gasteiger partial charge in [-0.05, 0) is 55.5 Å². The van der Waals surface area contributed by atoms with Crippen molar-refractivity contribution in [2.45, 2.75) is 31.8 Å². The highest BCUT2D eigenvalue weighted by atomic mass is 16.5. The van der Waals surface area contributed by atoms with Crippen LogP contribution in [0.3, 0.4) is 0 Å². The van der Waals surface area contributed by atoms with Crippen molar-refractivity contribution in [1.82, 2.24) is 10.2 Å². The normalized spacial score (nSPS) is 16.0. The zero-order valence-corrected chi connectivity index (χ0v) is 10.1. The molecular formula is C14H16N2O2. The number of aromatic nitrogens is 2. The van der Waals surface area contributed by atoms with Gasteiger partial charge in [0.05, 0.1) is 11.8 Å². The van der Waals surface area contributed by atoms with Crippen LogP contribution < -0.4 is 10.3 Å². The number of hydrogen-bond donors (Lipinski definition) is 2. The molecule has 2 aromatic rings. The van der Waals surface area contributed by atoms with Crippen molar-refractivity contribution in [1.29, 1.82) is 0 Å². The first-order chi connectivity index (χ1) is 8.81. The van der Waals surface area contributed by atoms with Crippen LogP contribution in [0.4, 0.5) is 0 Å². The van der Waals surface area contributed by atoms with Crippen molar-refractivity contribution in [3.8, 4) is 17.0 Å². The molecule has 0 amide bonds. The van der Waals surface area contributed by atoms with Crippen LogP contribution in [0.2, 0.25) is 0 Å². The van der Waals surface area contributed by atoms with Crippen molar-refractivity contribution in [3.05, 3.63) is 40.7 Å². The van der Waals surface area contributed by atoms with E-state index >= 15 is 0 Å². The van der Waals surface area contributed by atoms with E-state index in [-0.39, 0.29) is 5.56 Å². The molecule has 4 heteroatoms. The van der Waals surface area contributed by atoms with E-state index in [4.69, 9.17) is 4.74 Å². The summed E-state index contributed by atoms with van der Waals surface area (Å²) in [6.45, 7) is 0. The van der Waals surface area contributed by atoms with Gasteiger partial charge in [-0.3, -0.25) is 15.0 Å². The SMILES string of the molecule is O=c1cc(-c2ccc(OC3CCCC3)cc2)[nH][nH]1. The molecule has 1 aliphatic rings. The van der Waals surface area contributed by atoms with Crippen molar-refractivity contribution in [2.75, 3.05) is 0 Å². The molecule has 94 valence electrons. The maximum Gasteiger partial charge on any atom is 0.264 e. The Hall–Kier alpha value is -1.97. The first-order valence-electron chi connectivity index (χ1n) is 6.36. The van der Waals surface area contributed by atoms with Gasteiger partial charge >= 0.3 is 0 Å². The fourth-order valence-electron chi connectivity index (χ4n) is 2.40. The molecular weight excluding hydrogens is 228 g/mol. The molecule has 1 aromatic carbocycles. The van der Waals surface area contributed by atoms with Crippen molar-refractivity contribution < 1.29 is 4.74 Å². The molecule has 1 heterocycles. The largest absolute Gasteiger partial charge is 0.490 e. The van der Waals surface area contributed by atoms with E-state index < -0.39 is 0 Å². The molecule has 1 saturated carbocycles. The van der Waals surface area contributed by atoms with Crippen LogP contribution >= 0.6 is 0 Å². The maximum absolute atomic E-state index is 11.0. The Morgan fingerprint density at radius 1 is 1.06 bits per heavy atom. The standard InChI is InChI=1S/C14H16N2O2/c17-14-9-13(15-16-14)10-5-7-12(8-6-10)18-11-3-1-2-4-11/h5-9,11H,1-4H2,(H2,15,16,17). The van der Waals surface area contributed by atoms with E-state index in [1.807, 2.05) is 24.3 Å². The topological polar surface area (TPSA) is 57.9 Å². The van der Waals surface area contributed by atoms with E-state index in [1.165, 1.54) is 12.8 Å². The summed E-state index contributed by atoms with van der Waals surface area (Å²) in [5, 5.41) is 5.36. The number of benzene rings is 1. The van der Waals surface area contributed by atoms with Gasteiger partial charge in [0.1, 0.15) is 5.75 Å². The van der Waals surface area contributed by atoms with E-state index in [9.17, 15) is 4.79 Å². The van der Waals surface area contributed by atoms with E-state index in [0.29, 0.717) is 6.10 Å². The van der Waals surface area contributed by atoms with Crippen LogP contribution in [-0.2, 0) is 0 Å². The molecule has 1 fully saturated rings. The summed E-state index contributed by atoms with van der Waals surface area (Å²) in [7, 11) is 0. The average Bonchev–Trinajstić information content (AvgIpc) is 3.02. The lowest BCUT2D eigenvalue weighted by molar-refractivity contribution is 0.210. The first-order valence-corrected chi connectivity index (χ1v) is 6.36. The van der Waals surface area contributed by atoms with Gasteiger partial charge in [0.25, 0.3) is 5.56 Å². The zero-order valence-electron chi connectivity index (χ0n) is 10.1. The fourth-order valence-corrected chi connectivity index (χ4v) is 2.40. The monoisotopic (exact) mass is 244 g/mol. The van der Waals surface area contributed by atoms with Crippen LogP contribution in [-0.4, -0.2) is 16.3 Å². The number of hydrogen-bond acceptors (Lipinski definition) is 2. The molecule has 0 aliphatic heterocycles. The van der Waals surface area contributed by atoms with Gasteiger partial charge in [0.2, 0.25) is 0 Å². The smallest absolute Gasteiger partial charge is 0.264 e. The number of nitrogens with one attached hydrogen (secondary N) is 2. The molecule has 0 saturated heterocycles. The van der Waals surface area contributed by atoms with Crippen LogP contribution in [0.1, 0.15) is 25.7 Å². The Bertz CT molecular complexity index is 562. The van der Waals surface area contributed by atoms with Crippen LogP contribution in [0.25, 0.3) is 11.3 Å². The molecule has 18 heavy (non-hydrogen) atoms. The third-order valence-electron chi connectivity index (χ3n) is 3.37. The number of aromatic amines is 2. The van der Waals surface area contributed by atoms with Gasteiger partial charge in [-0.1, -0.05) is 0 Å². The zero-order chi connectivity index (χ0) is 12.4. The molecule has 0 spiro atoms. The van der Waals surface area contributed by atoms with Crippen molar-refractivity contribution in [2.24, 2.45) is 0 Å². The predicted octanol–water partition coefficient (Wildman–Crippen LogP) is 2.69. The lowest BCUT2D eigenvalue weighted by Gasteiger charge is -2.12. The van der Waals surface area contributed by atoms with Crippen molar-refractivity contribution >= 4 is 0 Å². The highest BCUT2D eigenvalue weighted by Gasteiger charge is 2.16. The third-order valence-corrected chi connectivity index (χ3v) is 3.37. The Labute approximate surface area is 105 Å². The first kappa shape index (κ1) is 11.1. The molecule has 0 radical (unpaired) electrons. The van der Waals surface area contributed by atoms with Crippen molar-refractivity contribution in [3.63, 3.8) is 0 Å². The molecule has 3 rings (SSSR count). The summed E-state index contributed by atoms with van der Waals surface area (Å²) in [5.41, 5.74) is 1.66. The Kier molecular flexibility index (Phi) is 2.92. The van der Waals surface area contributed by atoms with Crippen LogP contribution in [0.5, 0.6) is 5.75 Å². The number of H-pyrrole nitrogens is 2. The van der Waals surface area contributed by atoms with Gasteiger partial charge in [-0.25, -0.2) is 0 Å². The van der Waals surface area contributed by atoms with Gasteiger partial charge in [-0.15, -0.1) is 0 Å². The summed E-state index contributed by atoms with van der Waals surface area (Å²) in [6.07, 6.45) is 5.24. The van der Waals surface area contributed by atoms with E-state index in [0.717, 1.165) is 29.8 Å². The Morgan fingerprint density at radius 2 is 1.78 bits per heavy atom. The minimum Gasteiger partial charge on any atom is -0.490 e. The maximum atomic E-state index is 11.0. The summed E-state index contributed by atoms with van der Waals surface area (Å²) in [6, 6.07) is 9.39. The molecule has 1 aromatic heterocycles. The predicted molar refractivity (Wildman–Crippen MR) is 69.7 cm³/mol. The minimum absolute atomic E-state index is 0.115. The summed E-state index contributed by atoms with van der Waals surface area (Å²) in [4.78, 5) is 11.0. The number of ether oxygens (including phenoxy) is 1. The van der Waals surface area contributed by atoms with Gasteiger partial charge in [0.15, 0.2) is 0 Å². The highest BCUT2D eigenvalue weighted by Crippen LogP contribution is 2.25. The fraction of sp³-hybridized carbons (Fsp3) is 0.357. The highest BCUT2D eigenvalue weighted by molar-refractivity contribution is 5.59. The molecule has 0 bridgehead atoms. The second-order valence-electron chi connectivity index (χ2n) is 4.72.